The number of rotatable bonds is 5. The van der Waals surface area contributed by atoms with Gasteiger partial charge in [0.15, 0.2) is 0 Å². The van der Waals surface area contributed by atoms with Gasteiger partial charge in [0.05, 0.1) is 5.25 Å². The Morgan fingerprint density at radius 1 is 1.06 bits per heavy atom. The number of hydrogen-bond donors (Lipinski definition) is 1. The van der Waals surface area contributed by atoms with Crippen LogP contribution in [0.1, 0.15) is 16.7 Å². The summed E-state index contributed by atoms with van der Waals surface area (Å²) in [5.41, 5.74) is 3.88. The number of hydrogen-bond acceptors (Lipinski definition) is 4. The minimum Gasteiger partial charge on any atom is -0.321 e. The number of carbonyl (C=O) groups excluding carboxylic acids is 2. The Morgan fingerprint density at radius 2 is 1.74 bits per heavy atom. The van der Waals surface area contributed by atoms with Crippen LogP contribution in [0.3, 0.4) is 0 Å². The molecule has 0 aromatic heterocycles. The van der Waals surface area contributed by atoms with Crippen LogP contribution < -0.4 is 10.2 Å². The van der Waals surface area contributed by atoms with E-state index in [4.69, 9.17) is 0 Å². The molecule has 1 aliphatic heterocycles. The van der Waals surface area contributed by atoms with Crippen molar-refractivity contribution in [2.45, 2.75) is 25.5 Å². The van der Waals surface area contributed by atoms with Gasteiger partial charge in [0, 0.05) is 11.4 Å². The molecule has 0 unspecified atom stereocenters. The lowest BCUT2D eigenvalue weighted by Crippen LogP contribution is -2.31. The maximum absolute atomic E-state index is 13.6. The fraction of sp³-hybridized carbons (Fsp3) is 0.148. The van der Waals surface area contributed by atoms with Gasteiger partial charge in [-0.05, 0) is 67.8 Å². The zero-order valence-corrected chi connectivity index (χ0v) is 19.5. The third-order valence-corrected chi connectivity index (χ3v) is 6.83. The summed E-state index contributed by atoms with van der Waals surface area (Å²) in [6.45, 7) is 3.91. The number of benzene rings is 3. The molecule has 5 nitrogen and oxygen atoms in total. The molecule has 0 radical (unpaired) electrons. The highest BCUT2D eigenvalue weighted by Crippen LogP contribution is 2.42. The van der Waals surface area contributed by atoms with Crippen molar-refractivity contribution >= 4 is 35.0 Å². The van der Waals surface area contributed by atoms with Crippen LogP contribution in [0, 0.1) is 31.0 Å². The fourth-order valence-electron chi connectivity index (χ4n) is 3.68. The first-order chi connectivity index (χ1) is 16.4. The minimum absolute atomic E-state index is 0.171. The first kappa shape index (κ1) is 23.3. The van der Waals surface area contributed by atoms with E-state index in [0.29, 0.717) is 17.8 Å². The lowest BCUT2D eigenvalue weighted by atomic mass is 10.0. The number of anilines is 2. The first-order valence-corrected chi connectivity index (χ1v) is 11.6. The average Bonchev–Trinajstić information content (AvgIpc) is 3.13. The van der Waals surface area contributed by atoms with Crippen molar-refractivity contribution in [1.29, 1.82) is 5.26 Å². The third-order valence-electron chi connectivity index (χ3n) is 5.57. The molecule has 3 aromatic rings. The molecule has 3 aromatic carbocycles. The Balaban J connectivity index is 1.73. The quantitative estimate of drug-likeness (QED) is 0.394. The molecule has 2 amide bonds. The monoisotopic (exact) mass is 471 g/mol. The van der Waals surface area contributed by atoms with E-state index in [0.717, 1.165) is 16.7 Å². The standard InChI is InChI=1S/C27H22FN3O2S/c1-17-7-11-21(12-8-17)30-25(32)23(16-29)27-31(22-13-9-20(28)10-14-22)26(33)24(34-27)15-19-6-4-3-5-18(19)2/h3-14,24H,15H2,1-2H3,(H,30,32)/b27-23-/t24-/m0/s1. The van der Waals surface area contributed by atoms with Crippen LogP contribution in [0.15, 0.2) is 83.4 Å². The Labute approximate surface area is 201 Å². The summed E-state index contributed by atoms with van der Waals surface area (Å²) in [4.78, 5) is 27.9. The molecule has 1 saturated heterocycles. The smallest absolute Gasteiger partial charge is 0.269 e. The van der Waals surface area contributed by atoms with Gasteiger partial charge in [0.1, 0.15) is 22.5 Å². The second-order valence-corrected chi connectivity index (χ2v) is 9.19. The van der Waals surface area contributed by atoms with E-state index in [1.807, 2.05) is 56.3 Å². The number of nitriles is 1. The molecule has 170 valence electrons. The Bertz CT molecular complexity index is 1310. The van der Waals surface area contributed by atoms with E-state index >= 15 is 0 Å². The fourth-order valence-corrected chi connectivity index (χ4v) is 4.98. The minimum atomic E-state index is -0.606. The van der Waals surface area contributed by atoms with Crippen molar-refractivity contribution in [1.82, 2.24) is 0 Å². The molecular formula is C27H22FN3O2S. The van der Waals surface area contributed by atoms with Crippen LogP contribution in [0.25, 0.3) is 0 Å². The van der Waals surface area contributed by atoms with E-state index in [1.54, 1.807) is 12.1 Å². The summed E-state index contributed by atoms with van der Waals surface area (Å²) < 4.78 is 13.6. The number of thioether (sulfide) groups is 1. The molecule has 0 saturated carbocycles. The van der Waals surface area contributed by atoms with E-state index in [2.05, 4.69) is 5.32 Å². The second kappa shape index (κ2) is 9.94. The van der Waals surface area contributed by atoms with Crippen LogP contribution in [0.2, 0.25) is 0 Å². The average molecular weight is 472 g/mol. The van der Waals surface area contributed by atoms with Gasteiger partial charge in [-0.2, -0.15) is 5.26 Å². The van der Waals surface area contributed by atoms with Crippen molar-refractivity contribution in [3.8, 4) is 6.07 Å². The van der Waals surface area contributed by atoms with Gasteiger partial charge >= 0.3 is 0 Å². The van der Waals surface area contributed by atoms with E-state index in [-0.39, 0.29) is 16.5 Å². The van der Waals surface area contributed by atoms with Gasteiger partial charge in [0.2, 0.25) is 5.91 Å². The summed E-state index contributed by atoms with van der Waals surface area (Å²) in [7, 11) is 0. The van der Waals surface area contributed by atoms with Gasteiger partial charge < -0.3 is 5.32 Å². The topological polar surface area (TPSA) is 73.2 Å². The summed E-state index contributed by atoms with van der Waals surface area (Å²) in [6, 6.07) is 22.4. The molecular weight excluding hydrogens is 449 g/mol. The summed E-state index contributed by atoms with van der Waals surface area (Å²) in [5, 5.41) is 12.4. The summed E-state index contributed by atoms with van der Waals surface area (Å²) in [6.07, 6.45) is 0.440. The highest BCUT2D eigenvalue weighted by atomic mass is 32.2. The number of aryl methyl sites for hydroxylation is 2. The van der Waals surface area contributed by atoms with Crippen molar-refractivity contribution < 1.29 is 14.0 Å². The van der Waals surface area contributed by atoms with E-state index in [1.165, 1.54) is 40.9 Å². The summed E-state index contributed by atoms with van der Waals surface area (Å²) in [5.74, 6) is -1.31. The van der Waals surface area contributed by atoms with Gasteiger partial charge in [-0.25, -0.2) is 4.39 Å². The maximum Gasteiger partial charge on any atom is 0.269 e. The predicted octanol–water partition coefficient (Wildman–Crippen LogP) is 5.51. The van der Waals surface area contributed by atoms with Crippen LogP contribution >= 0.6 is 11.8 Å². The number of nitrogens with one attached hydrogen (secondary N) is 1. The van der Waals surface area contributed by atoms with Gasteiger partial charge in [-0.3, -0.25) is 14.5 Å². The normalized spacial score (nSPS) is 16.8. The van der Waals surface area contributed by atoms with Crippen molar-refractivity contribution in [2.75, 3.05) is 10.2 Å². The number of halogens is 1. The maximum atomic E-state index is 13.6. The predicted molar refractivity (Wildman–Crippen MR) is 133 cm³/mol. The zero-order valence-electron chi connectivity index (χ0n) is 18.7. The van der Waals surface area contributed by atoms with Crippen LogP contribution in [-0.4, -0.2) is 17.1 Å². The lowest BCUT2D eigenvalue weighted by Gasteiger charge is -2.18. The van der Waals surface area contributed by atoms with Crippen molar-refractivity contribution in [2.24, 2.45) is 0 Å². The molecule has 7 heteroatoms. The molecule has 1 fully saturated rings. The Kier molecular flexibility index (Phi) is 6.80. The molecule has 1 heterocycles. The van der Waals surface area contributed by atoms with Crippen LogP contribution in [-0.2, 0) is 16.0 Å². The SMILES string of the molecule is Cc1ccc(NC(=O)/C(C#N)=C2\S[C@@H](Cc3ccccc3C)C(=O)N2c2ccc(F)cc2)cc1. The van der Waals surface area contributed by atoms with Gasteiger partial charge in [0.25, 0.3) is 5.91 Å². The lowest BCUT2D eigenvalue weighted by molar-refractivity contribution is -0.117. The van der Waals surface area contributed by atoms with Crippen molar-refractivity contribution in [3.63, 3.8) is 0 Å². The molecule has 0 bridgehead atoms. The van der Waals surface area contributed by atoms with Gasteiger partial charge in [-0.15, -0.1) is 0 Å². The molecule has 4 rings (SSSR count). The first-order valence-electron chi connectivity index (χ1n) is 10.7. The van der Waals surface area contributed by atoms with Crippen LogP contribution in [0.5, 0.6) is 0 Å². The van der Waals surface area contributed by atoms with E-state index < -0.39 is 17.0 Å². The molecule has 1 aliphatic rings. The number of amides is 2. The highest BCUT2D eigenvalue weighted by Gasteiger charge is 2.41. The summed E-state index contributed by atoms with van der Waals surface area (Å²) >= 11 is 1.18. The molecule has 0 spiro atoms. The molecule has 0 aliphatic carbocycles. The molecule has 1 atom stereocenters. The number of carbonyl (C=O) groups is 2. The number of nitrogens with zero attached hydrogens (tertiary/aromatic N) is 2. The van der Waals surface area contributed by atoms with E-state index in [9.17, 15) is 19.2 Å². The molecule has 1 N–H and O–H groups in total. The zero-order chi connectivity index (χ0) is 24.2. The largest absolute Gasteiger partial charge is 0.321 e. The van der Waals surface area contributed by atoms with Crippen LogP contribution in [0.4, 0.5) is 15.8 Å². The second-order valence-electron chi connectivity index (χ2n) is 8.00. The Morgan fingerprint density at radius 3 is 2.38 bits per heavy atom. The van der Waals surface area contributed by atoms with Gasteiger partial charge in [-0.1, -0.05) is 53.7 Å². The highest BCUT2D eigenvalue weighted by molar-refractivity contribution is 8.05. The van der Waals surface area contributed by atoms with Crippen molar-refractivity contribution in [3.05, 3.63) is 106 Å². The third kappa shape index (κ3) is 4.87. The molecule has 34 heavy (non-hydrogen) atoms. The Hall–Kier alpha value is -3.89.